The van der Waals surface area contributed by atoms with E-state index in [0.29, 0.717) is 36.8 Å². The summed E-state index contributed by atoms with van der Waals surface area (Å²) in [5.74, 6) is 0. The SMILES string of the molecule is CC1CN(Cc2cc([N+](=O)[O-])ccc2Cl)CCN1C(=O)OC(C)(C)C. The zero-order chi connectivity index (χ0) is 18.8. The first-order chi connectivity index (χ1) is 11.6. The summed E-state index contributed by atoms with van der Waals surface area (Å²) in [7, 11) is 0. The maximum absolute atomic E-state index is 12.3. The van der Waals surface area contributed by atoms with Crippen molar-refractivity contribution in [3.8, 4) is 0 Å². The van der Waals surface area contributed by atoms with Crippen LogP contribution in [-0.2, 0) is 11.3 Å². The van der Waals surface area contributed by atoms with Gasteiger partial charge in [0.05, 0.1) is 4.92 Å². The summed E-state index contributed by atoms with van der Waals surface area (Å²) in [5.41, 5.74) is 0.221. The molecule has 25 heavy (non-hydrogen) atoms. The summed E-state index contributed by atoms with van der Waals surface area (Å²) in [4.78, 5) is 26.6. The molecule has 1 aromatic rings. The first-order valence-corrected chi connectivity index (χ1v) is 8.59. The van der Waals surface area contributed by atoms with E-state index in [4.69, 9.17) is 16.3 Å². The quantitative estimate of drug-likeness (QED) is 0.600. The summed E-state index contributed by atoms with van der Waals surface area (Å²) in [5, 5.41) is 11.4. The molecule has 1 aliphatic rings. The molecular formula is C17H24ClN3O4. The van der Waals surface area contributed by atoms with Gasteiger partial charge in [-0.15, -0.1) is 0 Å². The molecule has 1 amide bonds. The molecule has 138 valence electrons. The Labute approximate surface area is 152 Å². The molecule has 1 aromatic carbocycles. The van der Waals surface area contributed by atoms with Crippen LogP contribution < -0.4 is 0 Å². The highest BCUT2D eigenvalue weighted by molar-refractivity contribution is 6.31. The Bertz CT molecular complexity index is 660. The van der Waals surface area contributed by atoms with Crippen LogP contribution >= 0.6 is 11.6 Å². The highest BCUT2D eigenvalue weighted by atomic mass is 35.5. The highest BCUT2D eigenvalue weighted by Crippen LogP contribution is 2.25. The lowest BCUT2D eigenvalue weighted by atomic mass is 10.1. The standard InChI is InChI=1S/C17H24ClN3O4/c1-12-10-19(7-8-20(12)16(22)25-17(2,3)4)11-13-9-14(21(23)24)5-6-15(13)18/h5-6,9,12H,7-8,10-11H2,1-4H3. The summed E-state index contributed by atoms with van der Waals surface area (Å²) < 4.78 is 5.43. The Kier molecular flexibility index (Phi) is 5.90. The van der Waals surface area contributed by atoms with E-state index >= 15 is 0 Å². The summed E-state index contributed by atoms with van der Waals surface area (Å²) >= 11 is 6.17. The summed E-state index contributed by atoms with van der Waals surface area (Å²) in [6, 6.07) is 4.44. The van der Waals surface area contributed by atoms with Gasteiger partial charge in [-0.05, 0) is 39.3 Å². The molecule has 0 aliphatic carbocycles. The number of nitro groups is 1. The first-order valence-electron chi connectivity index (χ1n) is 8.21. The predicted octanol–water partition coefficient (Wildman–Crippen LogP) is 3.69. The van der Waals surface area contributed by atoms with Crippen molar-refractivity contribution in [3.63, 3.8) is 0 Å². The van der Waals surface area contributed by atoms with Crippen molar-refractivity contribution in [2.24, 2.45) is 0 Å². The Balaban J connectivity index is 2.01. The number of hydrogen-bond donors (Lipinski definition) is 0. The van der Waals surface area contributed by atoms with Crippen molar-refractivity contribution >= 4 is 23.4 Å². The van der Waals surface area contributed by atoms with Crippen LogP contribution in [0.5, 0.6) is 0 Å². The van der Waals surface area contributed by atoms with E-state index in [-0.39, 0.29) is 17.8 Å². The van der Waals surface area contributed by atoms with Gasteiger partial charge in [0.2, 0.25) is 0 Å². The largest absolute Gasteiger partial charge is 0.444 e. The maximum atomic E-state index is 12.3. The van der Waals surface area contributed by atoms with E-state index in [1.165, 1.54) is 12.1 Å². The number of nitrogens with zero attached hydrogens (tertiary/aromatic N) is 3. The second kappa shape index (κ2) is 7.58. The molecule has 8 heteroatoms. The lowest BCUT2D eigenvalue weighted by molar-refractivity contribution is -0.384. The number of non-ortho nitro benzene ring substituents is 1. The van der Waals surface area contributed by atoms with Gasteiger partial charge < -0.3 is 9.64 Å². The number of carbonyl (C=O) groups is 1. The third-order valence-electron chi connectivity index (χ3n) is 3.97. The number of piperazine rings is 1. The molecule has 1 atom stereocenters. The highest BCUT2D eigenvalue weighted by Gasteiger charge is 2.31. The number of carbonyl (C=O) groups excluding carboxylic acids is 1. The topological polar surface area (TPSA) is 75.9 Å². The van der Waals surface area contributed by atoms with Crippen LogP contribution in [0.3, 0.4) is 0 Å². The van der Waals surface area contributed by atoms with Crippen molar-refractivity contribution in [1.82, 2.24) is 9.80 Å². The fourth-order valence-corrected chi connectivity index (χ4v) is 2.98. The van der Waals surface area contributed by atoms with Crippen LogP contribution in [0.4, 0.5) is 10.5 Å². The number of ether oxygens (including phenoxy) is 1. The molecule has 0 aromatic heterocycles. The molecule has 1 heterocycles. The predicted molar refractivity (Wildman–Crippen MR) is 95.8 cm³/mol. The van der Waals surface area contributed by atoms with Crippen LogP contribution in [0.25, 0.3) is 0 Å². The number of nitro benzene ring substituents is 1. The zero-order valence-electron chi connectivity index (χ0n) is 15.0. The van der Waals surface area contributed by atoms with Crippen molar-refractivity contribution < 1.29 is 14.5 Å². The minimum atomic E-state index is -0.523. The van der Waals surface area contributed by atoms with E-state index in [0.717, 1.165) is 0 Å². The van der Waals surface area contributed by atoms with Gasteiger partial charge in [0.1, 0.15) is 5.60 Å². The molecule has 0 bridgehead atoms. The summed E-state index contributed by atoms with van der Waals surface area (Å²) in [6.07, 6.45) is -0.312. The Morgan fingerprint density at radius 3 is 2.64 bits per heavy atom. The molecule has 0 saturated carbocycles. The number of amides is 1. The van der Waals surface area contributed by atoms with E-state index in [2.05, 4.69) is 4.90 Å². The molecule has 0 spiro atoms. The second-order valence-electron chi connectivity index (χ2n) is 7.29. The van der Waals surface area contributed by atoms with Gasteiger partial charge >= 0.3 is 6.09 Å². The smallest absolute Gasteiger partial charge is 0.410 e. The molecule has 2 rings (SSSR count). The minimum Gasteiger partial charge on any atom is -0.444 e. The Morgan fingerprint density at radius 2 is 2.08 bits per heavy atom. The fourth-order valence-electron chi connectivity index (χ4n) is 2.81. The lowest BCUT2D eigenvalue weighted by Gasteiger charge is -2.40. The van der Waals surface area contributed by atoms with E-state index < -0.39 is 10.5 Å². The normalized spacial score (nSPS) is 18.9. The van der Waals surface area contributed by atoms with E-state index in [1.807, 2.05) is 27.7 Å². The number of rotatable bonds is 3. The second-order valence-corrected chi connectivity index (χ2v) is 7.70. The fraction of sp³-hybridized carbons (Fsp3) is 0.588. The molecule has 1 aliphatic heterocycles. The Morgan fingerprint density at radius 1 is 1.40 bits per heavy atom. The van der Waals surface area contributed by atoms with Gasteiger partial charge in [0, 0.05) is 49.4 Å². The molecule has 1 fully saturated rings. The van der Waals surface area contributed by atoms with Crippen molar-refractivity contribution in [1.29, 1.82) is 0 Å². The minimum absolute atomic E-state index is 0.0129. The van der Waals surface area contributed by atoms with Crippen molar-refractivity contribution in [3.05, 3.63) is 38.9 Å². The molecule has 0 N–H and O–H groups in total. The van der Waals surface area contributed by atoms with Gasteiger partial charge in [0.25, 0.3) is 5.69 Å². The molecule has 1 unspecified atom stereocenters. The summed E-state index contributed by atoms with van der Waals surface area (Å²) in [6.45, 7) is 9.85. The van der Waals surface area contributed by atoms with Crippen LogP contribution in [0, 0.1) is 10.1 Å². The van der Waals surface area contributed by atoms with Crippen molar-refractivity contribution in [2.45, 2.75) is 45.9 Å². The van der Waals surface area contributed by atoms with E-state index in [9.17, 15) is 14.9 Å². The third kappa shape index (κ3) is 5.31. The molecule has 0 radical (unpaired) electrons. The molecular weight excluding hydrogens is 346 g/mol. The molecule has 1 saturated heterocycles. The van der Waals surface area contributed by atoms with Gasteiger partial charge in [-0.3, -0.25) is 15.0 Å². The van der Waals surface area contributed by atoms with Crippen LogP contribution in [0.15, 0.2) is 18.2 Å². The number of benzene rings is 1. The number of hydrogen-bond acceptors (Lipinski definition) is 5. The average Bonchev–Trinajstić information content (AvgIpc) is 2.47. The zero-order valence-corrected chi connectivity index (χ0v) is 15.7. The number of halogens is 1. The molecule has 7 nitrogen and oxygen atoms in total. The first kappa shape index (κ1) is 19.5. The van der Waals surface area contributed by atoms with E-state index in [1.54, 1.807) is 11.0 Å². The van der Waals surface area contributed by atoms with Crippen LogP contribution in [-0.4, -0.2) is 52.1 Å². The monoisotopic (exact) mass is 369 g/mol. The van der Waals surface area contributed by atoms with Crippen molar-refractivity contribution in [2.75, 3.05) is 19.6 Å². The lowest BCUT2D eigenvalue weighted by Crippen LogP contribution is -2.54. The van der Waals surface area contributed by atoms with Gasteiger partial charge in [-0.2, -0.15) is 0 Å². The third-order valence-corrected chi connectivity index (χ3v) is 4.34. The van der Waals surface area contributed by atoms with Crippen LogP contribution in [0.1, 0.15) is 33.3 Å². The van der Waals surface area contributed by atoms with Gasteiger partial charge in [-0.25, -0.2) is 4.79 Å². The maximum Gasteiger partial charge on any atom is 0.410 e. The van der Waals surface area contributed by atoms with Crippen LogP contribution in [0.2, 0.25) is 5.02 Å². The average molecular weight is 370 g/mol. The van der Waals surface area contributed by atoms with Gasteiger partial charge in [-0.1, -0.05) is 11.6 Å². The van der Waals surface area contributed by atoms with Gasteiger partial charge in [0.15, 0.2) is 0 Å². The Hall–Kier alpha value is -1.86.